The number of Topliss-reactive ketones (excluding diaryl/α,β-unsaturated/α-hetero) is 1. The summed E-state index contributed by atoms with van der Waals surface area (Å²) >= 11 is 0. The molecule has 0 amide bonds. The molecule has 0 bridgehead atoms. The van der Waals surface area contributed by atoms with Crippen LogP contribution in [0.15, 0.2) is 35.5 Å². The molecule has 27 heavy (non-hydrogen) atoms. The summed E-state index contributed by atoms with van der Waals surface area (Å²) in [5.74, 6) is 0.740. The molecule has 3 aromatic rings. The molecule has 1 atom stereocenters. The fraction of sp³-hybridized carbons (Fsp3) is 0.333. The number of ketones is 1. The third-order valence-corrected chi connectivity index (χ3v) is 4.06. The second kappa shape index (κ2) is 8.82. The van der Waals surface area contributed by atoms with E-state index in [2.05, 4.69) is 24.9 Å². The van der Waals surface area contributed by atoms with Crippen molar-refractivity contribution in [3.63, 3.8) is 0 Å². The molecular formula is C18H19N7O2. The summed E-state index contributed by atoms with van der Waals surface area (Å²) in [7, 11) is 0. The monoisotopic (exact) mass is 365 g/mol. The van der Waals surface area contributed by atoms with Crippen molar-refractivity contribution in [2.24, 2.45) is 5.73 Å². The van der Waals surface area contributed by atoms with E-state index in [1.54, 1.807) is 12.4 Å². The zero-order valence-electron chi connectivity index (χ0n) is 14.6. The van der Waals surface area contributed by atoms with Crippen LogP contribution in [0.2, 0.25) is 0 Å². The molecule has 0 saturated carbocycles. The minimum atomic E-state index is -0.242. The molecule has 0 spiro atoms. The number of unbranched alkanes of at least 4 members (excludes halogenated alkanes) is 2. The van der Waals surface area contributed by atoms with Crippen LogP contribution >= 0.6 is 0 Å². The molecule has 9 nitrogen and oxygen atoms in total. The van der Waals surface area contributed by atoms with E-state index in [-0.39, 0.29) is 23.4 Å². The molecule has 1 unspecified atom stereocenters. The minimum Gasteiger partial charge on any atom is -0.442 e. The van der Waals surface area contributed by atoms with Crippen molar-refractivity contribution in [3.05, 3.63) is 48.5 Å². The lowest BCUT2D eigenvalue weighted by Gasteiger charge is -2.08. The first-order valence-electron chi connectivity index (χ1n) is 8.63. The Bertz CT molecular complexity index is 927. The van der Waals surface area contributed by atoms with E-state index in [9.17, 15) is 4.79 Å². The molecule has 3 aromatic heterocycles. The highest BCUT2D eigenvalue weighted by atomic mass is 16.3. The number of aromatic nitrogens is 5. The number of carbonyl (C=O) groups excluding carboxylic acids is 1. The first-order valence-corrected chi connectivity index (χ1v) is 8.63. The van der Waals surface area contributed by atoms with E-state index in [1.165, 1.54) is 18.7 Å². The predicted molar refractivity (Wildman–Crippen MR) is 95.2 cm³/mol. The molecule has 0 aliphatic rings. The van der Waals surface area contributed by atoms with Gasteiger partial charge in [-0.25, -0.2) is 15.0 Å². The van der Waals surface area contributed by atoms with Crippen LogP contribution in [0.5, 0.6) is 0 Å². The standard InChI is InChI=1S/C18H19N7O2/c19-8-12-9-21-10-14(24-12)15-11-23-17(25-15)13(20)4-2-1-3-5-16(26)18-22-6-7-27-18/h6-7,9-11,13H,1-5,20H2,(H,23,25). The quantitative estimate of drug-likeness (QED) is 0.434. The molecular weight excluding hydrogens is 346 g/mol. The van der Waals surface area contributed by atoms with Crippen LogP contribution in [0.4, 0.5) is 0 Å². The van der Waals surface area contributed by atoms with Gasteiger partial charge in [-0.2, -0.15) is 5.26 Å². The second-order valence-corrected chi connectivity index (χ2v) is 6.05. The first kappa shape index (κ1) is 18.4. The van der Waals surface area contributed by atoms with Gasteiger partial charge in [0.15, 0.2) is 5.69 Å². The summed E-state index contributed by atoms with van der Waals surface area (Å²) in [5, 5.41) is 8.90. The Labute approximate surface area is 155 Å². The molecule has 138 valence electrons. The highest BCUT2D eigenvalue weighted by Gasteiger charge is 2.13. The Morgan fingerprint density at radius 1 is 1.26 bits per heavy atom. The largest absolute Gasteiger partial charge is 0.442 e. The lowest BCUT2D eigenvalue weighted by atomic mass is 10.1. The first-order chi connectivity index (χ1) is 13.2. The van der Waals surface area contributed by atoms with Crippen molar-refractivity contribution in [1.29, 1.82) is 5.26 Å². The Morgan fingerprint density at radius 2 is 2.15 bits per heavy atom. The summed E-state index contributed by atoms with van der Waals surface area (Å²) in [6, 6.07) is 1.71. The molecule has 3 heterocycles. The molecule has 0 radical (unpaired) electrons. The number of nitrogens with zero attached hydrogens (tertiary/aromatic N) is 5. The summed E-state index contributed by atoms with van der Waals surface area (Å²) in [5.41, 5.74) is 7.64. The highest BCUT2D eigenvalue weighted by Crippen LogP contribution is 2.19. The number of nitriles is 1. The average molecular weight is 365 g/mol. The zero-order chi connectivity index (χ0) is 19.1. The number of H-pyrrole nitrogens is 1. The maximum atomic E-state index is 11.8. The van der Waals surface area contributed by atoms with Gasteiger partial charge in [-0.15, -0.1) is 0 Å². The Kier molecular flexibility index (Phi) is 6.02. The number of rotatable bonds is 9. The number of carbonyl (C=O) groups is 1. The predicted octanol–water partition coefficient (Wildman–Crippen LogP) is 2.56. The van der Waals surface area contributed by atoms with Crippen LogP contribution in [0.3, 0.4) is 0 Å². The molecule has 0 fully saturated rings. The van der Waals surface area contributed by atoms with E-state index < -0.39 is 0 Å². The molecule has 0 saturated heterocycles. The highest BCUT2D eigenvalue weighted by molar-refractivity contribution is 5.91. The smallest absolute Gasteiger partial charge is 0.263 e. The topological polar surface area (TPSA) is 147 Å². The lowest BCUT2D eigenvalue weighted by molar-refractivity contribution is 0.0945. The minimum absolute atomic E-state index is 0.0827. The van der Waals surface area contributed by atoms with Crippen LogP contribution in [-0.4, -0.2) is 30.7 Å². The van der Waals surface area contributed by atoms with E-state index in [0.29, 0.717) is 23.6 Å². The average Bonchev–Trinajstić information content (AvgIpc) is 3.39. The molecule has 0 aromatic carbocycles. The fourth-order valence-corrected chi connectivity index (χ4v) is 2.64. The van der Waals surface area contributed by atoms with Gasteiger partial charge in [0.2, 0.25) is 5.78 Å². The Balaban J connectivity index is 1.45. The van der Waals surface area contributed by atoms with Gasteiger partial charge >= 0.3 is 0 Å². The molecule has 3 N–H and O–H groups in total. The number of nitrogens with two attached hydrogens (primary N) is 1. The summed E-state index contributed by atoms with van der Waals surface area (Å²) in [4.78, 5) is 31.2. The van der Waals surface area contributed by atoms with Crippen LogP contribution in [0, 0.1) is 11.3 Å². The van der Waals surface area contributed by atoms with E-state index in [1.807, 2.05) is 6.07 Å². The Hall–Kier alpha value is -3.38. The van der Waals surface area contributed by atoms with Crippen molar-refractivity contribution >= 4 is 5.78 Å². The molecule has 9 heteroatoms. The van der Waals surface area contributed by atoms with Gasteiger partial charge in [-0.05, 0) is 12.8 Å². The molecule has 3 rings (SSSR count). The van der Waals surface area contributed by atoms with Crippen LogP contribution in [-0.2, 0) is 0 Å². The fourth-order valence-electron chi connectivity index (χ4n) is 2.64. The van der Waals surface area contributed by atoms with Gasteiger partial charge in [-0.3, -0.25) is 9.78 Å². The van der Waals surface area contributed by atoms with Crippen molar-refractivity contribution in [2.75, 3.05) is 0 Å². The number of nitrogens with one attached hydrogen (secondary N) is 1. The number of hydrogen-bond donors (Lipinski definition) is 2. The van der Waals surface area contributed by atoms with Gasteiger partial charge in [0, 0.05) is 6.42 Å². The second-order valence-electron chi connectivity index (χ2n) is 6.05. The van der Waals surface area contributed by atoms with Gasteiger partial charge < -0.3 is 15.1 Å². The van der Waals surface area contributed by atoms with Crippen molar-refractivity contribution in [2.45, 2.75) is 38.1 Å². The van der Waals surface area contributed by atoms with Gasteiger partial charge in [0.05, 0.1) is 36.5 Å². The van der Waals surface area contributed by atoms with E-state index in [0.717, 1.165) is 25.7 Å². The van der Waals surface area contributed by atoms with Crippen LogP contribution in [0.25, 0.3) is 11.4 Å². The van der Waals surface area contributed by atoms with Crippen molar-refractivity contribution in [1.82, 2.24) is 24.9 Å². The van der Waals surface area contributed by atoms with Crippen LogP contribution < -0.4 is 5.73 Å². The van der Waals surface area contributed by atoms with Crippen LogP contribution in [0.1, 0.15) is 60.3 Å². The summed E-state index contributed by atoms with van der Waals surface area (Å²) in [6.45, 7) is 0. The third kappa shape index (κ3) is 4.83. The maximum absolute atomic E-state index is 11.8. The maximum Gasteiger partial charge on any atom is 0.263 e. The SMILES string of the molecule is N#Cc1cncc(-c2cnc(C(N)CCCCCC(=O)c3ncco3)[nH]2)n1. The zero-order valence-corrected chi connectivity index (χ0v) is 14.6. The number of hydrogen-bond acceptors (Lipinski definition) is 8. The van der Waals surface area contributed by atoms with Crippen molar-refractivity contribution in [3.8, 4) is 17.5 Å². The lowest BCUT2D eigenvalue weighted by Crippen LogP contribution is -2.12. The van der Waals surface area contributed by atoms with Gasteiger partial charge in [-0.1, -0.05) is 12.8 Å². The van der Waals surface area contributed by atoms with Gasteiger partial charge in [0.1, 0.15) is 23.9 Å². The Morgan fingerprint density at radius 3 is 2.93 bits per heavy atom. The molecule has 0 aliphatic carbocycles. The number of imidazole rings is 1. The third-order valence-electron chi connectivity index (χ3n) is 4.06. The molecule has 0 aliphatic heterocycles. The van der Waals surface area contributed by atoms with Crippen molar-refractivity contribution < 1.29 is 9.21 Å². The number of oxazole rings is 1. The number of aromatic amines is 1. The summed E-state index contributed by atoms with van der Waals surface area (Å²) in [6.07, 6.45) is 11.1. The van der Waals surface area contributed by atoms with E-state index in [4.69, 9.17) is 15.4 Å². The van der Waals surface area contributed by atoms with Gasteiger partial charge in [0.25, 0.3) is 5.89 Å². The summed E-state index contributed by atoms with van der Waals surface area (Å²) < 4.78 is 4.98. The normalized spacial score (nSPS) is 11.9. The van der Waals surface area contributed by atoms with E-state index >= 15 is 0 Å².